The van der Waals surface area contributed by atoms with Crippen molar-refractivity contribution in [3.05, 3.63) is 50.5 Å². The van der Waals surface area contributed by atoms with E-state index in [-0.39, 0.29) is 46.3 Å². The highest BCUT2D eigenvalue weighted by Gasteiger charge is 2.58. The number of fused-ring (bicyclic) bond motifs is 1. The number of allylic oxidation sites excluding steroid dienone is 1. The van der Waals surface area contributed by atoms with Crippen molar-refractivity contribution in [2.24, 2.45) is 5.92 Å². The van der Waals surface area contributed by atoms with Crippen molar-refractivity contribution in [2.75, 3.05) is 6.54 Å². The molecule has 2 amide bonds. The molecular weight excluding hydrogens is 542 g/mol. The molecule has 13 heteroatoms. The summed E-state index contributed by atoms with van der Waals surface area (Å²) in [5, 5.41) is 22.9. The lowest BCUT2D eigenvalue weighted by atomic mass is 9.92. The predicted molar refractivity (Wildman–Crippen MR) is 149 cm³/mol. The number of non-ortho nitro benzene ring substituents is 1. The van der Waals surface area contributed by atoms with E-state index >= 15 is 0 Å². The molecule has 2 heterocycles. The van der Waals surface area contributed by atoms with E-state index in [0.717, 1.165) is 0 Å². The molecule has 1 fully saturated rings. The van der Waals surface area contributed by atoms with E-state index in [1.165, 1.54) is 40.9 Å². The summed E-state index contributed by atoms with van der Waals surface area (Å²) in [5.74, 6) is -1.70. The average Bonchev–Trinajstić information content (AvgIpc) is 3.16. The molecule has 0 aliphatic carbocycles. The van der Waals surface area contributed by atoms with Crippen molar-refractivity contribution >= 4 is 43.7 Å². The molecule has 0 bridgehead atoms. The van der Waals surface area contributed by atoms with Crippen LogP contribution in [0.5, 0.6) is 0 Å². The van der Waals surface area contributed by atoms with Gasteiger partial charge in [-0.15, -0.1) is 11.8 Å². The van der Waals surface area contributed by atoms with Gasteiger partial charge in [0.05, 0.1) is 16.9 Å². The van der Waals surface area contributed by atoms with Crippen molar-refractivity contribution in [1.82, 2.24) is 10.2 Å². The number of nitro groups is 1. The third kappa shape index (κ3) is 7.00. The molecule has 2 aliphatic rings. The maximum Gasteiger partial charge on any atom is 0.407 e. The van der Waals surface area contributed by atoms with Crippen LogP contribution in [0.4, 0.5) is 10.5 Å². The predicted octanol–water partition coefficient (Wildman–Crippen LogP) is 5.23. The number of nitrogens with zero attached hydrogens (tertiary/aromatic N) is 2. The van der Waals surface area contributed by atoms with Gasteiger partial charge in [-0.1, -0.05) is 20.8 Å². The second-order valence-electron chi connectivity index (χ2n) is 11.3. The van der Waals surface area contributed by atoms with Gasteiger partial charge in [0.2, 0.25) is 5.91 Å². The maximum atomic E-state index is 13.0. The van der Waals surface area contributed by atoms with Crippen LogP contribution in [-0.2, 0) is 25.4 Å². The normalized spacial score (nSPS) is 19.8. The lowest BCUT2D eigenvalue weighted by Crippen LogP contribution is -2.62. The second kappa shape index (κ2) is 12.1. The van der Waals surface area contributed by atoms with Gasteiger partial charge in [0.15, 0.2) is 8.32 Å². The number of carbonyl (C=O) groups is 3. The monoisotopic (exact) mass is 579 g/mol. The second-order valence-corrected chi connectivity index (χ2v) is 17.3. The summed E-state index contributed by atoms with van der Waals surface area (Å²) in [5.41, 5.74) is 0.647. The van der Waals surface area contributed by atoms with Crippen LogP contribution in [0.25, 0.3) is 0 Å². The van der Waals surface area contributed by atoms with Gasteiger partial charge in [-0.2, -0.15) is 0 Å². The number of rotatable bonds is 12. The molecule has 1 aromatic rings. The zero-order chi connectivity index (χ0) is 29.1. The lowest BCUT2D eigenvalue weighted by Gasteiger charge is -2.48. The van der Waals surface area contributed by atoms with E-state index in [4.69, 9.17) is 9.16 Å². The topological polar surface area (TPSA) is 148 Å². The highest BCUT2D eigenvalue weighted by Crippen LogP contribution is 2.52. The molecule has 11 nitrogen and oxygen atoms in total. The summed E-state index contributed by atoms with van der Waals surface area (Å²) >= 11 is 1.43. The van der Waals surface area contributed by atoms with Crippen LogP contribution in [0.3, 0.4) is 0 Å². The van der Waals surface area contributed by atoms with Crippen LogP contribution in [-0.4, -0.2) is 59.2 Å². The minimum atomic E-state index is -2.09. The number of hydrogen-bond donors (Lipinski definition) is 2. The summed E-state index contributed by atoms with van der Waals surface area (Å²) in [6.45, 7) is 12.9. The number of unbranched alkanes of at least 4 members (excludes halogenated alkanes) is 1. The van der Waals surface area contributed by atoms with E-state index in [9.17, 15) is 29.6 Å². The first-order chi connectivity index (χ1) is 18.1. The quantitative estimate of drug-likeness (QED) is 0.112. The first kappa shape index (κ1) is 30.6. The number of thioether (sulfide) groups is 1. The Bertz CT molecular complexity index is 1150. The van der Waals surface area contributed by atoms with Crippen molar-refractivity contribution in [2.45, 2.75) is 83.2 Å². The van der Waals surface area contributed by atoms with E-state index in [1.807, 2.05) is 6.92 Å². The Balaban J connectivity index is 1.45. The highest BCUT2D eigenvalue weighted by atomic mass is 32.2. The van der Waals surface area contributed by atoms with Crippen LogP contribution >= 0.6 is 11.8 Å². The van der Waals surface area contributed by atoms with Crippen molar-refractivity contribution in [3.8, 4) is 0 Å². The molecule has 0 unspecified atom stereocenters. The number of carboxylic acid groups (broad SMARTS) is 1. The Hall–Kier alpha value is -2.90. The Morgan fingerprint density at radius 2 is 1.87 bits per heavy atom. The fourth-order valence-corrected chi connectivity index (χ4v) is 7.33. The minimum Gasteiger partial charge on any atom is -0.477 e. The molecule has 0 saturated carbocycles. The van der Waals surface area contributed by atoms with Crippen molar-refractivity contribution in [3.63, 3.8) is 0 Å². The van der Waals surface area contributed by atoms with E-state index in [0.29, 0.717) is 36.3 Å². The van der Waals surface area contributed by atoms with E-state index in [2.05, 4.69) is 39.2 Å². The van der Waals surface area contributed by atoms with E-state index in [1.54, 1.807) is 0 Å². The number of hydrogen-bond acceptors (Lipinski definition) is 8. The summed E-state index contributed by atoms with van der Waals surface area (Å²) in [4.78, 5) is 49.2. The van der Waals surface area contributed by atoms with Gasteiger partial charge in [-0.05, 0) is 62.0 Å². The lowest BCUT2D eigenvalue weighted by molar-refractivity contribution is -0.384. The largest absolute Gasteiger partial charge is 0.477 e. The van der Waals surface area contributed by atoms with Gasteiger partial charge in [0, 0.05) is 23.6 Å². The number of nitro benzene ring substituents is 1. The molecule has 1 aromatic carbocycles. The summed E-state index contributed by atoms with van der Waals surface area (Å²) < 4.78 is 11.6. The van der Waals surface area contributed by atoms with Gasteiger partial charge in [-0.3, -0.25) is 19.8 Å². The highest BCUT2D eigenvalue weighted by molar-refractivity contribution is 8.04. The SMILES string of the molecule is C[C@H](O[Si](C)(C)C(C)(C)C)[C@@H]1C(=O)N2C(C(=O)O)=C(CCCCNC(=O)OCc3ccc([N+](=O)[O-])cc3)S[C@H]12. The van der Waals surface area contributed by atoms with Crippen LogP contribution in [0, 0.1) is 16.0 Å². The van der Waals surface area contributed by atoms with Crippen LogP contribution in [0.2, 0.25) is 18.1 Å². The van der Waals surface area contributed by atoms with Gasteiger partial charge in [0.25, 0.3) is 5.69 Å². The number of β-lactam (4-membered cyclic amide) rings is 1. The van der Waals surface area contributed by atoms with Gasteiger partial charge >= 0.3 is 12.1 Å². The fraction of sp³-hybridized carbons (Fsp3) is 0.577. The third-order valence-corrected chi connectivity index (χ3v) is 13.5. The first-order valence-electron chi connectivity index (χ1n) is 12.9. The zero-order valence-electron chi connectivity index (χ0n) is 23.2. The Morgan fingerprint density at radius 1 is 1.23 bits per heavy atom. The number of amides is 2. The Labute approximate surface area is 233 Å². The Morgan fingerprint density at radius 3 is 2.44 bits per heavy atom. The molecule has 2 aliphatic heterocycles. The molecule has 214 valence electrons. The standard InChI is InChI=1S/C26H37N3O8SSi/c1-16(37-39(5,6)26(2,3)4)20-22(30)28-21(24(31)32)19(38-23(20)28)9-7-8-14-27-25(33)36-15-17-10-12-18(13-11-17)29(34)35/h10-13,16,20,23H,7-9,14-15H2,1-6H3,(H,27,33)(H,31,32)/t16-,20+,23+/m0/s1. The summed E-state index contributed by atoms with van der Waals surface area (Å²) in [6.07, 6.45) is 0.786. The van der Waals surface area contributed by atoms with Crippen molar-refractivity contribution < 1.29 is 33.6 Å². The molecule has 0 radical (unpaired) electrons. The van der Waals surface area contributed by atoms with Crippen LogP contribution < -0.4 is 5.32 Å². The van der Waals surface area contributed by atoms with Crippen molar-refractivity contribution in [1.29, 1.82) is 0 Å². The third-order valence-electron chi connectivity index (χ3n) is 7.46. The molecule has 1 saturated heterocycles. The number of carboxylic acids is 1. The fourth-order valence-electron chi connectivity index (χ4n) is 4.25. The molecule has 0 aromatic heterocycles. The van der Waals surface area contributed by atoms with Gasteiger partial charge in [-0.25, -0.2) is 9.59 Å². The maximum absolute atomic E-state index is 13.0. The van der Waals surface area contributed by atoms with E-state index < -0.39 is 25.3 Å². The number of ether oxygens (including phenoxy) is 1. The Kier molecular flexibility index (Phi) is 9.50. The van der Waals surface area contributed by atoms with Crippen LogP contribution in [0.15, 0.2) is 34.9 Å². The average molecular weight is 580 g/mol. The molecule has 2 N–H and O–H groups in total. The minimum absolute atomic E-state index is 0.00260. The zero-order valence-corrected chi connectivity index (χ0v) is 25.0. The number of nitrogens with one attached hydrogen (secondary N) is 1. The molecule has 3 atom stereocenters. The number of aliphatic carboxylic acids is 1. The molecule has 3 rings (SSSR count). The summed E-state index contributed by atoms with van der Waals surface area (Å²) in [7, 11) is -2.09. The number of benzene rings is 1. The smallest absolute Gasteiger partial charge is 0.407 e. The molecule has 0 spiro atoms. The van der Waals surface area contributed by atoms with Gasteiger partial charge in [0.1, 0.15) is 17.7 Å². The van der Waals surface area contributed by atoms with Crippen LogP contribution in [0.1, 0.15) is 52.5 Å². The number of alkyl carbamates (subject to hydrolysis) is 1. The van der Waals surface area contributed by atoms with Gasteiger partial charge < -0.3 is 19.6 Å². The first-order valence-corrected chi connectivity index (χ1v) is 16.7. The molecular formula is C26H37N3O8SSi. The number of carbonyl (C=O) groups excluding carboxylic acids is 2. The summed E-state index contributed by atoms with van der Waals surface area (Å²) in [6, 6.07) is 5.74. The molecule has 39 heavy (non-hydrogen) atoms.